The van der Waals surface area contributed by atoms with Gasteiger partial charge in [0.15, 0.2) is 18.4 Å². The van der Waals surface area contributed by atoms with E-state index in [2.05, 4.69) is 15.3 Å². The molecule has 3 aliphatic heterocycles. The molecule has 104 valence electrons. The van der Waals surface area contributed by atoms with Gasteiger partial charge >= 0.3 is 0 Å². The number of carbonyl (C=O) groups excluding carboxylic acids is 1. The van der Waals surface area contributed by atoms with Crippen LogP contribution in [0.5, 0.6) is 0 Å². The van der Waals surface area contributed by atoms with E-state index >= 15 is 0 Å². The van der Waals surface area contributed by atoms with Crippen molar-refractivity contribution in [2.24, 2.45) is 9.98 Å². The summed E-state index contributed by atoms with van der Waals surface area (Å²) >= 11 is 0. The minimum absolute atomic E-state index is 0.287. The standard InChI is InChI=1S/C10H14N4O5/c15-1-4-6(16)7(17)10(19-4)14-3-13-5-8(14)11-2-12-9(5)18/h2-8,10,15-17H,1H2,(H,11,12,18)/t4-,5?,6-,7-,8?,10?/m1/s1. The largest absolute Gasteiger partial charge is 0.394 e. The smallest absolute Gasteiger partial charge is 0.254 e. The molecular formula is C10H14N4O5. The number of aliphatic hydroxyl groups excluding tert-OH is 3. The normalized spacial score (nSPS) is 44.6. The summed E-state index contributed by atoms with van der Waals surface area (Å²) in [4.78, 5) is 21.1. The first-order valence-corrected chi connectivity index (χ1v) is 5.88. The summed E-state index contributed by atoms with van der Waals surface area (Å²) < 4.78 is 5.38. The molecule has 0 spiro atoms. The van der Waals surface area contributed by atoms with Crippen molar-refractivity contribution in [1.29, 1.82) is 0 Å². The van der Waals surface area contributed by atoms with E-state index < -0.39 is 43.4 Å². The molecule has 0 bridgehead atoms. The van der Waals surface area contributed by atoms with Crippen molar-refractivity contribution in [2.45, 2.75) is 36.7 Å². The van der Waals surface area contributed by atoms with Crippen molar-refractivity contribution in [3.8, 4) is 0 Å². The number of nitrogens with zero attached hydrogens (tertiary/aromatic N) is 3. The number of aliphatic hydroxyl groups is 3. The van der Waals surface area contributed by atoms with Gasteiger partial charge in [-0.3, -0.25) is 9.79 Å². The summed E-state index contributed by atoms with van der Waals surface area (Å²) in [5, 5.41) is 31.1. The van der Waals surface area contributed by atoms with Gasteiger partial charge in [0.05, 0.1) is 19.3 Å². The predicted octanol–water partition coefficient (Wildman–Crippen LogP) is -3.38. The number of rotatable bonds is 2. The van der Waals surface area contributed by atoms with Gasteiger partial charge < -0.3 is 30.3 Å². The lowest BCUT2D eigenvalue weighted by Gasteiger charge is -2.31. The lowest BCUT2D eigenvalue weighted by atomic mass is 10.1. The van der Waals surface area contributed by atoms with Crippen LogP contribution in [0, 0.1) is 0 Å². The maximum atomic E-state index is 11.6. The van der Waals surface area contributed by atoms with Gasteiger partial charge in [-0.2, -0.15) is 0 Å². The number of fused-ring (bicyclic) bond motifs is 1. The highest BCUT2D eigenvalue weighted by Gasteiger charge is 2.50. The Morgan fingerprint density at radius 1 is 1.37 bits per heavy atom. The molecule has 3 unspecified atom stereocenters. The van der Waals surface area contributed by atoms with Gasteiger partial charge in [-0.05, 0) is 0 Å². The van der Waals surface area contributed by atoms with Crippen molar-refractivity contribution >= 4 is 18.6 Å². The second kappa shape index (κ2) is 4.53. The summed E-state index contributed by atoms with van der Waals surface area (Å²) in [7, 11) is 0. The van der Waals surface area contributed by atoms with Gasteiger partial charge in [0.1, 0.15) is 18.3 Å². The molecule has 3 aliphatic rings. The summed E-state index contributed by atoms with van der Waals surface area (Å²) in [5.74, 6) is -0.287. The van der Waals surface area contributed by atoms with Crippen LogP contribution >= 0.6 is 0 Å². The maximum Gasteiger partial charge on any atom is 0.254 e. The van der Waals surface area contributed by atoms with Crippen molar-refractivity contribution in [1.82, 2.24) is 10.2 Å². The summed E-state index contributed by atoms with van der Waals surface area (Å²) in [6.07, 6.45) is -2.11. The van der Waals surface area contributed by atoms with Crippen molar-refractivity contribution in [2.75, 3.05) is 6.61 Å². The molecule has 6 atom stereocenters. The molecule has 19 heavy (non-hydrogen) atoms. The topological polar surface area (TPSA) is 127 Å². The lowest BCUT2D eigenvalue weighted by molar-refractivity contribution is -0.124. The molecule has 4 N–H and O–H groups in total. The molecule has 3 rings (SSSR count). The molecule has 0 saturated carbocycles. The second-order valence-corrected chi connectivity index (χ2v) is 4.59. The van der Waals surface area contributed by atoms with E-state index in [1.54, 1.807) is 0 Å². The predicted molar refractivity (Wildman–Crippen MR) is 62.3 cm³/mol. The SMILES string of the molecule is O=C1NC=NC2C1N=CN2C1O[C@H](CO)[C@@H](O)[C@H]1O. The first-order valence-electron chi connectivity index (χ1n) is 5.88. The number of hydrogen-bond donors (Lipinski definition) is 4. The third-order valence-electron chi connectivity index (χ3n) is 3.46. The van der Waals surface area contributed by atoms with E-state index in [1.807, 2.05) is 0 Å². The fraction of sp³-hybridized carbons (Fsp3) is 0.700. The zero-order valence-corrected chi connectivity index (χ0v) is 9.83. The Morgan fingerprint density at radius 3 is 2.84 bits per heavy atom. The van der Waals surface area contributed by atoms with Gasteiger partial charge in [-0.1, -0.05) is 0 Å². The Hall–Kier alpha value is -1.55. The molecule has 0 aromatic heterocycles. The molecule has 3 heterocycles. The van der Waals surface area contributed by atoms with Crippen molar-refractivity contribution < 1.29 is 24.9 Å². The summed E-state index contributed by atoms with van der Waals surface area (Å²) in [5.41, 5.74) is 0. The van der Waals surface area contributed by atoms with Crippen molar-refractivity contribution in [3.63, 3.8) is 0 Å². The molecule has 1 saturated heterocycles. The monoisotopic (exact) mass is 270 g/mol. The summed E-state index contributed by atoms with van der Waals surface area (Å²) in [6, 6.07) is -0.689. The molecule has 9 nitrogen and oxygen atoms in total. The Bertz CT molecular complexity index is 442. The Morgan fingerprint density at radius 2 is 2.16 bits per heavy atom. The van der Waals surface area contributed by atoms with Gasteiger partial charge in [0, 0.05) is 0 Å². The first-order chi connectivity index (χ1) is 9.13. The third-order valence-corrected chi connectivity index (χ3v) is 3.46. The Kier molecular flexibility index (Phi) is 2.97. The highest BCUT2D eigenvalue weighted by molar-refractivity contribution is 5.96. The molecule has 0 aliphatic carbocycles. The van der Waals surface area contributed by atoms with Crippen LogP contribution in [0.15, 0.2) is 9.98 Å². The van der Waals surface area contributed by atoms with Crippen LogP contribution in [-0.4, -0.2) is 82.2 Å². The van der Waals surface area contributed by atoms with Gasteiger partial charge in [-0.25, -0.2) is 4.99 Å². The van der Waals surface area contributed by atoms with E-state index in [4.69, 9.17) is 9.84 Å². The van der Waals surface area contributed by atoms with Crippen LogP contribution in [0.25, 0.3) is 0 Å². The molecule has 0 radical (unpaired) electrons. The zero-order chi connectivity index (χ0) is 13.6. The van der Waals surface area contributed by atoms with E-state index in [0.29, 0.717) is 0 Å². The van der Waals surface area contributed by atoms with Crippen LogP contribution in [0.4, 0.5) is 0 Å². The maximum absolute atomic E-state index is 11.6. The molecular weight excluding hydrogens is 256 g/mol. The Labute approximate surface area is 108 Å². The van der Waals surface area contributed by atoms with Gasteiger partial charge in [-0.15, -0.1) is 0 Å². The number of hydrogen-bond acceptors (Lipinski definition) is 8. The fourth-order valence-corrected chi connectivity index (χ4v) is 2.42. The average Bonchev–Trinajstić information content (AvgIpc) is 2.94. The van der Waals surface area contributed by atoms with Crippen LogP contribution in [0.3, 0.4) is 0 Å². The number of nitrogens with one attached hydrogen (secondary N) is 1. The number of aliphatic imine (C=N–C) groups is 2. The van der Waals surface area contributed by atoms with Gasteiger partial charge in [0.25, 0.3) is 5.91 Å². The van der Waals surface area contributed by atoms with Crippen LogP contribution < -0.4 is 5.32 Å². The molecule has 1 fully saturated rings. The van der Waals surface area contributed by atoms with Crippen molar-refractivity contribution in [3.05, 3.63) is 0 Å². The third kappa shape index (κ3) is 1.82. The highest BCUT2D eigenvalue weighted by Crippen LogP contribution is 2.29. The quantitative estimate of drug-likeness (QED) is 0.414. The number of ether oxygens (including phenoxy) is 1. The molecule has 9 heteroatoms. The van der Waals surface area contributed by atoms with E-state index in [-0.39, 0.29) is 5.91 Å². The average molecular weight is 270 g/mol. The molecule has 0 aromatic rings. The van der Waals surface area contributed by atoms with E-state index in [0.717, 1.165) is 0 Å². The number of amides is 1. The van der Waals surface area contributed by atoms with Crippen LogP contribution in [0.2, 0.25) is 0 Å². The second-order valence-electron chi connectivity index (χ2n) is 4.59. The lowest BCUT2D eigenvalue weighted by Crippen LogP contribution is -2.53. The first kappa shape index (κ1) is 12.5. The van der Waals surface area contributed by atoms with Gasteiger partial charge in [0.2, 0.25) is 0 Å². The van der Waals surface area contributed by atoms with E-state index in [1.165, 1.54) is 17.6 Å². The zero-order valence-electron chi connectivity index (χ0n) is 9.83. The number of carbonyl (C=O) groups is 1. The Balaban J connectivity index is 1.81. The minimum Gasteiger partial charge on any atom is -0.394 e. The molecule has 1 amide bonds. The summed E-state index contributed by atoms with van der Waals surface area (Å²) in [6.45, 7) is -0.405. The van der Waals surface area contributed by atoms with Crippen LogP contribution in [-0.2, 0) is 9.53 Å². The fourth-order valence-electron chi connectivity index (χ4n) is 2.42. The van der Waals surface area contributed by atoms with E-state index in [9.17, 15) is 15.0 Å². The van der Waals surface area contributed by atoms with Crippen LogP contribution in [0.1, 0.15) is 0 Å². The highest BCUT2D eigenvalue weighted by atomic mass is 16.6. The minimum atomic E-state index is -1.21. The molecule has 0 aromatic carbocycles.